The monoisotopic (exact) mass is 327 g/mol. The van der Waals surface area contributed by atoms with Crippen molar-refractivity contribution < 1.29 is 24.1 Å². The molecule has 0 atom stereocenters. The van der Waals surface area contributed by atoms with Crippen LogP contribution in [0.5, 0.6) is 17.2 Å². The maximum absolute atomic E-state index is 12.6. The van der Waals surface area contributed by atoms with Crippen LogP contribution in [0.4, 0.5) is 0 Å². The molecule has 4 rings (SSSR count). The zero-order valence-electron chi connectivity index (χ0n) is 13.0. The predicted octanol–water partition coefficient (Wildman–Crippen LogP) is 2.26. The Bertz CT molecular complexity index is 783. The highest BCUT2D eigenvalue weighted by atomic mass is 16.7. The van der Waals surface area contributed by atoms with Crippen molar-refractivity contribution >= 4 is 5.91 Å². The molecule has 2 aliphatic heterocycles. The van der Waals surface area contributed by atoms with Gasteiger partial charge in [0.1, 0.15) is 5.75 Å². The number of nitrogens with zero attached hydrogens (tertiary/aromatic N) is 1. The molecular weight excluding hydrogens is 310 g/mol. The summed E-state index contributed by atoms with van der Waals surface area (Å²) in [5.41, 5.74) is 2.07. The second kappa shape index (κ2) is 6.05. The van der Waals surface area contributed by atoms with Crippen molar-refractivity contribution in [3.8, 4) is 28.4 Å². The smallest absolute Gasteiger partial charge is 0.254 e. The average Bonchev–Trinajstić information content (AvgIpc) is 3.09. The lowest BCUT2D eigenvalue weighted by Crippen LogP contribution is -2.40. The molecule has 0 radical (unpaired) electrons. The molecule has 0 aromatic heterocycles. The molecule has 2 aromatic carbocycles. The van der Waals surface area contributed by atoms with Crippen LogP contribution in [0, 0.1) is 0 Å². The van der Waals surface area contributed by atoms with Crippen LogP contribution in [0.3, 0.4) is 0 Å². The van der Waals surface area contributed by atoms with Crippen LogP contribution < -0.4 is 9.47 Å². The third-order valence-corrected chi connectivity index (χ3v) is 4.17. The van der Waals surface area contributed by atoms with Crippen LogP contribution in [0.1, 0.15) is 10.4 Å². The first-order valence-electron chi connectivity index (χ1n) is 7.82. The van der Waals surface area contributed by atoms with Gasteiger partial charge in [0.25, 0.3) is 5.91 Å². The summed E-state index contributed by atoms with van der Waals surface area (Å²) in [5, 5.41) is 10.0. The minimum Gasteiger partial charge on any atom is -0.508 e. The summed E-state index contributed by atoms with van der Waals surface area (Å²) in [7, 11) is 0. The fourth-order valence-electron chi connectivity index (χ4n) is 2.93. The first-order valence-corrected chi connectivity index (χ1v) is 7.82. The van der Waals surface area contributed by atoms with E-state index in [9.17, 15) is 9.90 Å². The number of phenols is 1. The molecule has 1 N–H and O–H groups in total. The van der Waals surface area contributed by atoms with Crippen molar-refractivity contribution in [1.82, 2.24) is 4.90 Å². The number of hydrogen-bond acceptors (Lipinski definition) is 5. The Morgan fingerprint density at radius 3 is 2.58 bits per heavy atom. The van der Waals surface area contributed by atoms with Gasteiger partial charge in [-0.25, -0.2) is 0 Å². The van der Waals surface area contributed by atoms with E-state index in [-0.39, 0.29) is 18.4 Å². The van der Waals surface area contributed by atoms with Gasteiger partial charge in [-0.2, -0.15) is 0 Å². The molecule has 0 aliphatic carbocycles. The summed E-state index contributed by atoms with van der Waals surface area (Å²) in [6, 6.07) is 10.5. The largest absolute Gasteiger partial charge is 0.508 e. The maximum Gasteiger partial charge on any atom is 0.254 e. The summed E-state index contributed by atoms with van der Waals surface area (Å²) < 4.78 is 16.0. The van der Waals surface area contributed by atoms with Gasteiger partial charge in [-0.1, -0.05) is 6.07 Å². The summed E-state index contributed by atoms with van der Waals surface area (Å²) in [4.78, 5) is 14.4. The first kappa shape index (κ1) is 14.8. The number of morpholine rings is 1. The topological polar surface area (TPSA) is 68.2 Å². The Morgan fingerprint density at radius 1 is 0.958 bits per heavy atom. The zero-order chi connectivity index (χ0) is 16.5. The van der Waals surface area contributed by atoms with E-state index in [4.69, 9.17) is 14.2 Å². The van der Waals surface area contributed by atoms with Gasteiger partial charge in [0.15, 0.2) is 11.5 Å². The summed E-state index contributed by atoms with van der Waals surface area (Å²) >= 11 is 0. The van der Waals surface area contributed by atoms with Crippen molar-refractivity contribution in [1.29, 1.82) is 0 Å². The number of phenolic OH excluding ortho intramolecular Hbond substituents is 1. The van der Waals surface area contributed by atoms with E-state index >= 15 is 0 Å². The fourth-order valence-corrected chi connectivity index (χ4v) is 2.93. The molecule has 1 fully saturated rings. The minimum atomic E-state index is -0.101. The molecule has 2 aliphatic rings. The molecule has 6 heteroatoms. The normalized spacial score (nSPS) is 16.2. The first-order chi connectivity index (χ1) is 11.7. The van der Waals surface area contributed by atoms with E-state index in [1.807, 2.05) is 18.2 Å². The number of hydrogen-bond donors (Lipinski definition) is 1. The maximum atomic E-state index is 12.6. The quantitative estimate of drug-likeness (QED) is 0.916. The molecule has 0 spiro atoms. The number of rotatable bonds is 2. The van der Waals surface area contributed by atoms with Gasteiger partial charge in [-0.15, -0.1) is 0 Å². The molecule has 24 heavy (non-hydrogen) atoms. The standard InChI is InChI=1S/C18H17NO5/c20-15-8-13(12-1-2-16-17(10-12)24-11-23-16)7-14(9-15)18(21)19-3-5-22-6-4-19/h1-2,7-10,20H,3-6,11H2. The van der Waals surface area contributed by atoms with Crippen LogP contribution in [0.25, 0.3) is 11.1 Å². The van der Waals surface area contributed by atoms with Crippen molar-refractivity contribution in [2.24, 2.45) is 0 Å². The molecular formula is C18H17NO5. The molecule has 124 valence electrons. The van der Waals surface area contributed by atoms with Crippen LogP contribution >= 0.6 is 0 Å². The van der Waals surface area contributed by atoms with E-state index in [1.54, 1.807) is 17.0 Å². The SMILES string of the molecule is O=C(c1cc(O)cc(-c2ccc3c(c2)OCO3)c1)N1CCOCC1. The summed E-state index contributed by atoms with van der Waals surface area (Å²) in [6.07, 6.45) is 0. The van der Waals surface area contributed by atoms with Crippen LogP contribution in [-0.2, 0) is 4.74 Å². The highest BCUT2D eigenvalue weighted by molar-refractivity contribution is 5.96. The number of aromatic hydroxyl groups is 1. The average molecular weight is 327 g/mol. The second-order valence-corrected chi connectivity index (χ2v) is 5.74. The molecule has 6 nitrogen and oxygen atoms in total. The predicted molar refractivity (Wildman–Crippen MR) is 86.4 cm³/mol. The van der Waals surface area contributed by atoms with E-state index in [0.29, 0.717) is 43.4 Å². The molecule has 0 bridgehead atoms. The van der Waals surface area contributed by atoms with Crippen molar-refractivity contribution in [3.63, 3.8) is 0 Å². The highest BCUT2D eigenvalue weighted by Crippen LogP contribution is 2.37. The Morgan fingerprint density at radius 2 is 1.75 bits per heavy atom. The Balaban J connectivity index is 1.67. The molecule has 1 amide bonds. The molecule has 2 aromatic rings. The van der Waals surface area contributed by atoms with Crippen LogP contribution in [0.15, 0.2) is 36.4 Å². The summed E-state index contributed by atoms with van der Waals surface area (Å²) in [5.74, 6) is 1.32. The zero-order valence-corrected chi connectivity index (χ0v) is 13.0. The Kier molecular flexibility index (Phi) is 3.74. The molecule has 1 saturated heterocycles. The van der Waals surface area contributed by atoms with Gasteiger partial charge < -0.3 is 24.2 Å². The second-order valence-electron chi connectivity index (χ2n) is 5.74. The number of carbonyl (C=O) groups excluding carboxylic acids is 1. The van der Waals surface area contributed by atoms with Gasteiger partial charge in [0.05, 0.1) is 13.2 Å². The molecule has 0 unspecified atom stereocenters. The van der Waals surface area contributed by atoms with E-state index in [0.717, 1.165) is 11.1 Å². The molecule has 0 saturated carbocycles. The Labute approximate surface area is 139 Å². The van der Waals surface area contributed by atoms with Gasteiger partial charge in [0.2, 0.25) is 6.79 Å². The van der Waals surface area contributed by atoms with E-state index < -0.39 is 0 Å². The fraction of sp³-hybridized carbons (Fsp3) is 0.278. The number of fused-ring (bicyclic) bond motifs is 1. The van der Waals surface area contributed by atoms with E-state index in [2.05, 4.69) is 0 Å². The van der Waals surface area contributed by atoms with Crippen LogP contribution in [0.2, 0.25) is 0 Å². The third-order valence-electron chi connectivity index (χ3n) is 4.17. The Hall–Kier alpha value is -2.73. The van der Waals surface area contributed by atoms with Crippen molar-refractivity contribution in [2.75, 3.05) is 33.1 Å². The van der Waals surface area contributed by atoms with Crippen LogP contribution in [-0.4, -0.2) is 49.0 Å². The van der Waals surface area contributed by atoms with E-state index in [1.165, 1.54) is 6.07 Å². The number of amides is 1. The van der Waals surface area contributed by atoms with Gasteiger partial charge in [-0.05, 0) is 41.5 Å². The highest BCUT2D eigenvalue weighted by Gasteiger charge is 2.20. The lowest BCUT2D eigenvalue weighted by Gasteiger charge is -2.27. The summed E-state index contributed by atoms with van der Waals surface area (Å²) in [6.45, 7) is 2.42. The lowest BCUT2D eigenvalue weighted by molar-refractivity contribution is 0.0302. The molecule has 2 heterocycles. The van der Waals surface area contributed by atoms with Gasteiger partial charge >= 0.3 is 0 Å². The van der Waals surface area contributed by atoms with Gasteiger partial charge in [0, 0.05) is 18.7 Å². The number of benzene rings is 2. The number of carbonyl (C=O) groups is 1. The van der Waals surface area contributed by atoms with Gasteiger partial charge in [-0.3, -0.25) is 4.79 Å². The van der Waals surface area contributed by atoms with Crippen molar-refractivity contribution in [3.05, 3.63) is 42.0 Å². The third kappa shape index (κ3) is 2.76. The lowest BCUT2D eigenvalue weighted by atomic mass is 10.0. The van der Waals surface area contributed by atoms with Crippen molar-refractivity contribution in [2.45, 2.75) is 0 Å². The number of ether oxygens (including phenoxy) is 3. The minimum absolute atomic E-state index is 0.0572.